The zero-order valence-corrected chi connectivity index (χ0v) is 15.0. The Bertz CT molecular complexity index is 645. The van der Waals surface area contributed by atoms with Crippen molar-refractivity contribution in [1.29, 1.82) is 0 Å². The molecule has 1 aromatic heterocycles. The fourth-order valence-electron chi connectivity index (χ4n) is 1.81. The van der Waals surface area contributed by atoms with E-state index in [0.717, 1.165) is 20.6 Å². The summed E-state index contributed by atoms with van der Waals surface area (Å²) in [6, 6.07) is 5.47. The van der Waals surface area contributed by atoms with Crippen molar-refractivity contribution < 1.29 is 0 Å². The van der Waals surface area contributed by atoms with Crippen molar-refractivity contribution in [3.05, 3.63) is 37.5 Å². The number of aromatic nitrogens is 2. The molecule has 3 nitrogen and oxygen atoms in total. The Morgan fingerprint density at radius 2 is 1.90 bits per heavy atom. The minimum Gasteiger partial charge on any atom is -0.372 e. The van der Waals surface area contributed by atoms with E-state index in [9.17, 15) is 0 Å². The van der Waals surface area contributed by atoms with Crippen LogP contribution in [0.25, 0.3) is 11.4 Å². The van der Waals surface area contributed by atoms with Crippen molar-refractivity contribution in [2.75, 3.05) is 12.4 Å². The molecule has 20 heavy (non-hydrogen) atoms. The molecule has 0 atom stereocenters. The second kappa shape index (κ2) is 6.45. The fraction of sp³-hybridized carbons (Fsp3) is 0.286. The van der Waals surface area contributed by atoms with Gasteiger partial charge in [-0.15, -0.1) is 0 Å². The number of benzene rings is 1. The van der Waals surface area contributed by atoms with Gasteiger partial charge in [-0.2, -0.15) is 0 Å². The highest BCUT2D eigenvalue weighted by Crippen LogP contribution is 2.34. The molecular formula is C14H14Cl2IN3. The summed E-state index contributed by atoms with van der Waals surface area (Å²) in [4.78, 5) is 9.18. The largest absolute Gasteiger partial charge is 0.372 e. The summed E-state index contributed by atoms with van der Waals surface area (Å²) in [7, 11) is 1.85. The van der Waals surface area contributed by atoms with E-state index >= 15 is 0 Å². The monoisotopic (exact) mass is 421 g/mol. The van der Waals surface area contributed by atoms with E-state index < -0.39 is 0 Å². The third-order valence-corrected chi connectivity index (χ3v) is 4.74. The molecule has 0 aliphatic rings. The maximum absolute atomic E-state index is 6.26. The van der Waals surface area contributed by atoms with Crippen LogP contribution >= 0.6 is 45.8 Å². The number of halogens is 3. The molecule has 0 radical (unpaired) electrons. The summed E-state index contributed by atoms with van der Waals surface area (Å²) in [5.41, 5.74) is 1.74. The lowest BCUT2D eigenvalue weighted by atomic mass is 10.1. The quantitative estimate of drug-likeness (QED) is 0.690. The predicted octanol–water partition coefficient (Wildman–Crippen LogP) is 5.22. The van der Waals surface area contributed by atoms with Crippen LogP contribution in [0.3, 0.4) is 0 Å². The Labute approximate surface area is 142 Å². The van der Waals surface area contributed by atoms with Crippen molar-refractivity contribution in [3.63, 3.8) is 0 Å². The van der Waals surface area contributed by atoms with E-state index in [-0.39, 0.29) is 0 Å². The maximum atomic E-state index is 6.26. The van der Waals surface area contributed by atoms with Gasteiger partial charge in [-0.25, -0.2) is 9.97 Å². The van der Waals surface area contributed by atoms with Gasteiger partial charge in [-0.3, -0.25) is 0 Å². The summed E-state index contributed by atoms with van der Waals surface area (Å²) >= 11 is 14.6. The van der Waals surface area contributed by atoms with Crippen LogP contribution in [0.5, 0.6) is 0 Å². The van der Waals surface area contributed by atoms with Crippen LogP contribution < -0.4 is 5.32 Å². The Balaban J connectivity index is 2.68. The van der Waals surface area contributed by atoms with Crippen molar-refractivity contribution in [1.82, 2.24) is 9.97 Å². The third-order valence-electron chi connectivity index (χ3n) is 2.85. The Kier molecular flexibility index (Phi) is 5.09. The first-order valence-corrected chi connectivity index (χ1v) is 7.98. The third kappa shape index (κ3) is 3.02. The number of rotatable bonds is 3. The normalized spacial score (nSPS) is 10.9. The highest BCUT2D eigenvalue weighted by molar-refractivity contribution is 14.1. The lowest BCUT2D eigenvalue weighted by Crippen LogP contribution is -2.06. The second-order valence-corrected chi connectivity index (χ2v) is 6.47. The highest BCUT2D eigenvalue weighted by Gasteiger charge is 2.17. The van der Waals surface area contributed by atoms with E-state index in [4.69, 9.17) is 23.2 Å². The van der Waals surface area contributed by atoms with Gasteiger partial charge in [0.25, 0.3) is 0 Å². The molecule has 2 rings (SSSR count). The smallest absolute Gasteiger partial charge is 0.163 e. The van der Waals surface area contributed by atoms with Gasteiger partial charge in [0.15, 0.2) is 5.82 Å². The van der Waals surface area contributed by atoms with Gasteiger partial charge in [0.05, 0.1) is 19.3 Å². The number of hydrogen-bond acceptors (Lipinski definition) is 3. The average Bonchev–Trinajstić information content (AvgIpc) is 2.42. The van der Waals surface area contributed by atoms with Gasteiger partial charge in [0.2, 0.25) is 0 Å². The van der Waals surface area contributed by atoms with Crippen LogP contribution in [0.15, 0.2) is 18.2 Å². The first-order valence-electron chi connectivity index (χ1n) is 6.15. The Hall–Kier alpha value is -0.590. The molecule has 0 spiro atoms. The molecule has 1 aromatic carbocycles. The number of hydrogen-bond donors (Lipinski definition) is 1. The summed E-state index contributed by atoms with van der Waals surface area (Å²) in [6.07, 6.45) is 0. The topological polar surface area (TPSA) is 37.8 Å². The van der Waals surface area contributed by atoms with Gasteiger partial charge in [-0.05, 0) is 40.6 Å². The molecule has 106 valence electrons. The molecule has 0 unspecified atom stereocenters. The first kappa shape index (κ1) is 15.8. The summed E-state index contributed by atoms with van der Waals surface area (Å²) in [6.45, 7) is 4.21. The van der Waals surface area contributed by atoms with Gasteiger partial charge < -0.3 is 5.32 Å². The molecule has 6 heteroatoms. The van der Waals surface area contributed by atoms with Crippen LogP contribution in [-0.2, 0) is 0 Å². The molecule has 0 fully saturated rings. The number of anilines is 1. The van der Waals surface area contributed by atoms with Gasteiger partial charge in [-0.1, -0.05) is 43.1 Å². The first-order chi connectivity index (χ1) is 9.45. The number of nitrogens with one attached hydrogen (secondary N) is 1. The van der Waals surface area contributed by atoms with E-state index in [1.54, 1.807) is 6.07 Å². The van der Waals surface area contributed by atoms with Gasteiger partial charge in [0, 0.05) is 12.6 Å². The number of nitrogens with zero attached hydrogens (tertiary/aromatic N) is 2. The maximum Gasteiger partial charge on any atom is 0.163 e. The average molecular weight is 422 g/mol. The van der Waals surface area contributed by atoms with Crippen LogP contribution in [0.1, 0.15) is 25.5 Å². The van der Waals surface area contributed by atoms with Crippen LogP contribution in [0.4, 0.5) is 5.82 Å². The zero-order valence-electron chi connectivity index (χ0n) is 11.3. The SMILES string of the molecule is CNc1nc(-c2cccc(Cl)c2Cl)nc(C(C)C)c1I. The lowest BCUT2D eigenvalue weighted by Gasteiger charge is -2.14. The van der Waals surface area contributed by atoms with Crippen LogP contribution in [0.2, 0.25) is 10.0 Å². The molecular weight excluding hydrogens is 408 g/mol. The van der Waals surface area contributed by atoms with Crippen molar-refractivity contribution in [2.24, 2.45) is 0 Å². The second-order valence-electron chi connectivity index (χ2n) is 4.60. The molecule has 0 saturated heterocycles. The predicted molar refractivity (Wildman–Crippen MR) is 93.8 cm³/mol. The molecule has 0 bridgehead atoms. The Morgan fingerprint density at radius 3 is 2.50 bits per heavy atom. The molecule has 0 amide bonds. The molecule has 0 aliphatic heterocycles. The molecule has 1 heterocycles. The van der Waals surface area contributed by atoms with E-state index in [1.807, 2.05) is 19.2 Å². The van der Waals surface area contributed by atoms with Crippen LogP contribution in [-0.4, -0.2) is 17.0 Å². The Morgan fingerprint density at radius 1 is 1.20 bits per heavy atom. The molecule has 0 saturated carbocycles. The van der Waals surface area contributed by atoms with Crippen molar-refractivity contribution in [2.45, 2.75) is 19.8 Å². The summed E-state index contributed by atoms with van der Waals surface area (Å²) in [5.74, 6) is 1.69. The summed E-state index contributed by atoms with van der Waals surface area (Å²) in [5, 5.41) is 4.08. The molecule has 1 N–H and O–H groups in total. The fourth-order valence-corrected chi connectivity index (χ4v) is 3.33. The summed E-state index contributed by atoms with van der Waals surface area (Å²) < 4.78 is 1.03. The van der Waals surface area contributed by atoms with Crippen molar-refractivity contribution >= 4 is 51.6 Å². The highest BCUT2D eigenvalue weighted by atomic mass is 127. The molecule has 0 aliphatic carbocycles. The van der Waals surface area contributed by atoms with Gasteiger partial charge >= 0.3 is 0 Å². The lowest BCUT2D eigenvalue weighted by molar-refractivity contribution is 0.809. The molecule has 2 aromatic rings. The van der Waals surface area contributed by atoms with Gasteiger partial charge in [0.1, 0.15) is 5.82 Å². The standard InChI is InChI=1S/C14H14Cl2IN3/c1-7(2)12-11(17)14(18-3)20-13(19-12)8-5-4-6-9(15)10(8)16/h4-7H,1-3H3,(H,18,19,20). The van der Waals surface area contributed by atoms with Crippen LogP contribution in [0, 0.1) is 3.57 Å². The van der Waals surface area contributed by atoms with E-state index in [2.05, 4.69) is 51.7 Å². The van der Waals surface area contributed by atoms with E-state index in [1.165, 1.54) is 0 Å². The van der Waals surface area contributed by atoms with E-state index in [0.29, 0.717) is 21.8 Å². The zero-order chi connectivity index (χ0) is 14.9. The van der Waals surface area contributed by atoms with Crippen molar-refractivity contribution in [3.8, 4) is 11.4 Å². The minimum atomic E-state index is 0.300. The minimum absolute atomic E-state index is 0.300.